The minimum atomic E-state index is 0.157. The Labute approximate surface area is 145 Å². The molecule has 1 heterocycles. The Hall–Kier alpha value is -1.55. The first kappa shape index (κ1) is 17.3. The van der Waals surface area contributed by atoms with Crippen LogP contribution in [0.25, 0.3) is 0 Å². The predicted octanol–water partition coefficient (Wildman–Crippen LogP) is 3.21. The first-order valence-electron chi connectivity index (χ1n) is 9.46. The maximum Gasteiger partial charge on any atom is 0.224 e. The number of amides is 1. The van der Waals surface area contributed by atoms with Crippen molar-refractivity contribution >= 4 is 5.91 Å². The third kappa shape index (κ3) is 5.23. The fraction of sp³-hybridized carbons (Fsp3) is 0.650. The predicted molar refractivity (Wildman–Crippen MR) is 96.0 cm³/mol. The number of carbonyl (C=O) groups is 1. The topological polar surface area (TPSA) is 41.6 Å². The van der Waals surface area contributed by atoms with Crippen LogP contribution >= 0.6 is 0 Å². The molecule has 1 amide bonds. The second kappa shape index (κ2) is 8.52. The quantitative estimate of drug-likeness (QED) is 0.796. The summed E-state index contributed by atoms with van der Waals surface area (Å²) in [6, 6.07) is 8.38. The van der Waals surface area contributed by atoms with E-state index in [0.717, 1.165) is 63.7 Å². The van der Waals surface area contributed by atoms with Gasteiger partial charge in [0, 0.05) is 19.6 Å². The summed E-state index contributed by atoms with van der Waals surface area (Å²) in [6.45, 7) is 6.64. The first-order chi connectivity index (χ1) is 11.7. The number of nitrogens with zero attached hydrogens (tertiary/aromatic N) is 1. The number of piperidine rings is 1. The van der Waals surface area contributed by atoms with E-state index in [1.54, 1.807) is 0 Å². The maximum atomic E-state index is 12.3. The van der Waals surface area contributed by atoms with Gasteiger partial charge in [0.1, 0.15) is 5.75 Å². The van der Waals surface area contributed by atoms with E-state index >= 15 is 0 Å². The number of likely N-dealkylation sites (tertiary alicyclic amines) is 1. The third-order valence-electron chi connectivity index (χ3n) is 4.94. The summed E-state index contributed by atoms with van der Waals surface area (Å²) >= 11 is 0. The Bertz CT molecular complexity index is 525. The lowest BCUT2D eigenvalue weighted by molar-refractivity contribution is -0.126. The lowest BCUT2D eigenvalue weighted by atomic mass is 9.96. The number of benzene rings is 1. The summed E-state index contributed by atoms with van der Waals surface area (Å²) < 4.78 is 5.63. The molecule has 3 rings (SSSR count). The normalized spacial score (nSPS) is 21.5. The molecule has 1 aliphatic carbocycles. The van der Waals surface area contributed by atoms with Gasteiger partial charge in [-0.3, -0.25) is 9.69 Å². The van der Waals surface area contributed by atoms with Crippen LogP contribution in [0.5, 0.6) is 5.75 Å². The van der Waals surface area contributed by atoms with Gasteiger partial charge in [-0.2, -0.15) is 0 Å². The molecule has 24 heavy (non-hydrogen) atoms. The van der Waals surface area contributed by atoms with Crippen LogP contribution in [0.3, 0.4) is 0 Å². The Morgan fingerprint density at radius 2 is 2.04 bits per heavy atom. The lowest BCUT2D eigenvalue weighted by Gasteiger charge is -2.32. The third-order valence-corrected chi connectivity index (χ3v) is 4.94. The average molecular weight is 330 g/mol. The van der Waals surface area contributed by atoms with Gasteiger partial charge < -0.3 is 10.1 Å². The van der Waals surface area contributed by atoms with Crippen molar-refractivity contribution in [3.05, 3.63) is 29.8 Å². The maximum absolute atomic E-state index is 12.3. The van der Waals surface area contributed by atoms with Crippen LogP contribution in [-0.2, 0) is 11.3 Å². The zero-order valence-electron chi connectivity index (χ0n) is 14.8. The van der Waals surface area contributed by atoms with E-state index in [2.05, 4.69) is 41.4 Å². The Balaban J connectivity index is 1.46. The van der Waals surface area contributed by atoms with Crippen molar-refractivity contribution in [3.8, 4) is 5.75 Å². The molecule has 0 aromatic heterocycles. The van der Waals surface area contributed by atoms with Gasteiger partial charge >= 0.3 is 0 Å². The molecule has 4 nitrogen and oxygen atoms in total. The lowest BCUT2D eigenvalue weighted by Crippen LogP contribution is -2.43. The van der Waals surface area contributed by atoms with Crippen molar-refractivity contribution in [1.82, 2.24) is 10.2 Å². The molecule has 2 fully saturated rings. The molecule has 0 spiro atoms. The highest BCUT2D eigenvalue weighted by atomic mass is 16.5. The Morgan fingerprint density at radius 1 is 1.25 bits per heavy atom. The van der Waals surface area contributed by atoms with Gasteiger partial charge in [0.25, 0.3) is 0 Å². The van der Waals surface area contributed by atoms with Crippen molar-refractivity contribution in [2.75, 3.05) is 26.2 Å². The molecule has 132 valence electrons. The standard InChI is InChI=1S/C20H30N2O2/c1-2-12-24-19-9-7-17(8-10-19)14-22-11-3-4-18(15-22)20(23)21-13-16-5-6-16/h7-10,16,18H,2-6,11-15H2,1H3,(H,21,23). The molecule has 1 aliphatic heterocycles. The number of nitrogens with one attached hydrogen (secondary N) is 1. The van der Waals surface area contributed by atoms with Gasteiger partial charge in [-0.05, 0) is 62.3 Å². The van der Waals surface area contributed by atoms with Crippen LogP contribution in [-0.4, -0.2) is 37.0 Å². The fourth-order valence-electron chi connectivity index (χ4n) is 3.29. The average Bonchev–Trinajstić information content (AvgIpc) is 3.44. The molecule has 1 saturated heterocycles. The molecule has 1 unspecified atom stereocenters. The summed E-state index contributed by atoms with van der Waals surface area (Å²) in [7, 11) is 0. The monoisotopic (exact) mass is 330 g/mol. The minimum absolute atomic E-state index is 0.157. The van der Waals surface area contributed by atoms with E-state index in [9.17, 15) is 4.79 Å². The van der Waals surface area contributed by atoms with E-state index in [4.69, 9.17) is 4.74 Å². The summed E-state index contributed by atoms with van der Waals surface area (Å²) in [5.74, 6) is 2.11. The van der Waals surface area contributed by atoms with Crippen molar-refractivity contribution in [2.24, 2.45) is 11.8 Å². The van der Waals surface area contributed by atoms with Crippen molar-refractivity contribution in [2.45, 2.75) is 45.6 Å². The van der Waals surface area contributed by atoms with Gasteiger partial charge in [0.15, 0.2) is 0 Å². The van der Waals surface area contributed by atoms with Crippen LogP contribution in [0.15, 0.2) is 24.3 Å². The van der Waals surface area contributed by atoms with Gasteiger partial charge in [0.05, 0.1) is 12.5 Å². The van der Waals surface area contributed by atoms with Crippen LogP contribution in [0, 0.1) is 11.8 Å². The molecule has 1 atom stereocenters. The second-order valence-corrected chi connectivity index (χ2v) is 7.26. The summed E-state index contributed by atoms with van der Waals surface area (Å²) in [5, 5.41) is 3.14. The van der Waals surface area contributed by atoms with Gasteiger partial charge in [-0.1, -0.05) is 19.1 Å². The molecule has 2 aliphatic rings. The highest BCUT2D eigenvalue weighted by Crippen LogP contribution is 2.28. The second-order valence-electron chi connectivity index (χ2n) is 7.26. The molecule has 0 radical (unpaired) electrons. The molecule has 0 bridgehead atoms. The molecular formula is C20H30N2O2. The van der Waals surface area contributed by atoms with E-state index in [1.165, 1.54) is 18.4 Å². The molecular weight excluding hydrogens is 300 g/mol. The highest BCUT2D eigenvalue weighted by molar-refractivity contribution is 5.79. The van der Waals surface area contributed by atoms with Crippen molar-refractivity contribution in [1.29, 1.82) is 0 Å². The number of carbonyl (C=O) groups excluding carboxylic acids is 1. The van der Waals surface area contributed by atoms with Crippen molar-refractivity contribution < 1.29 is 9.53 Å². The Morgan fingerprint density at radius 3 is 2.75 bits per heavy atom. The number of rotatable bonds is 8. The summed E-state index contributed by atoms with van der Waals surface area (Å²) in [6.07, 6.45) is 5.74. The van der Waals surface area contributed by atoms with E-state index in [-0.39, 0.29) is 11.8 Å². The molecule has 1 aromatic carbocycles. The zero-order valence-corrected chi connectivity index (χ0v) is 14.8. The number of hydrogen-bond donors (Lipinski definition) is 1. The van der Waals surface area contributed by atoms with E-state index in [1.807, 2.05) is 0 Å². The molecule has 4 heteroatoms. The van der Waals surface area contributed by atoms with Crippen LogP contribution in [0.4, 0.5) is 0 Å². The SMILES string of the molecule is CCCOc1ccc(CN2CCCC(C(=O)NCC3CC3)C2)cc1. The van der Waals surface area contributed by atoms with Crippen LogP contribution in [0.2, 0.25) is 0 Å². The number of ether oxygens (including phenoxy) is 1. The zero-order chi connectivity index (χ0) is 16.8. The van der Waals surface area contributed by atoms with Gasteiger partial charge in [0.2, 0.25) is 5.91 Å². The van der Waals surface area contributed by atoms with Gasteiger partial charge in [-0.25, -0.2) is 0 Å². The molecule has 1 N–H and O–H groups in total. The van der Waals surface area contributed by atoms with Crippen molar-refractivity contribution in [3.63, 3.8) is 0 Å². The Kier molecular flexibility index (Phi) is 6.13. The summed E-state index contributed by atoms with van der Waals surface area (Å²) in [5.41, 5.74) is 1.29. The van der Waals surface area contributed by atoms with Crippen LogP contribution in [0.1, 0.15) is 44.6 Å². The minimum Gasteiger partial charge on any atom is -0.494 e. The first-order valence-corrected chi connectivity index (χ1v) is 9.46. The smallest absolute Gasteiger partial charge is 0.224 e. The van der Waals surface area contributed by atoms with Crippen LogP contribution < -0.4 is 10.1 Å². The van der Waals surface area contributed by atoms with E-state index in [0.29, 0.717) is 0 Å². The number of hydrogen-bond acceptors (Lipinski definition) is 3. The van der Waals surface area contributed by atoms with Gasteiger partial charge in [-0.15, -0.1) is 0 Å². The largest absolute Gasteiger partial charge is 0.494 e. The summed E-state index contributed by atoms with van der Waals surface area (Å²) in [4.78, 5) is 14.7. The fourth-order valence-corrected chi connectivity index (χ4v) is 3.29. The molecule has 1 saturated carbocycles. The highest BCUT2D eigenvalue weighted by Gasteiger charge is 2.27. The van der Waals surface area contributed by atoms with E-state index < -0.39 is 0 Å². The molecule has 1 aromatic rings.